The Hall–Kier alpha value is -5.46. The third kappa shape index (κ3) is 8.00. The molecule has 7 heteroatoms. The van der Waals surface area contributed by atoms with Gasteiger partial charge >= 0.3 is 0 Å². The van der Waals surface area contributed by atoms with Gasteiger partial charge in [-0.15, -0.1) is 53.6 Å². The normalized spacial score (nSPS) is 11.5. The third-order valence-electron chi connectivity index (χ3n) is 10.6. The number of aryl methyl sites for hydroxylation is 3. The number of benzene rings is 5. The average molecular weight is 953 g/mol. The van der Waals surface area contributed by atoms with Crippen molar-refractivity contribution in [2.75, 3.05) is 0 Å². The Morgan fingerprint density at radius 1 is 0.776 bits per heavy atom. The summed E-state index contributed by atoms with van der Waals surface area (Å²) in [5, 5.41) is 3.58. The summed E-state index contributed by atoms with van der Waals surface area (Å²) in [7, 11) is -1.34. The molecule has 1 radical (unpaired) electrons. The predicted octanol–water partition coefficient (Wildman–Crippen LogP) is 12.7. The second kappa shape index (κ2) is 16.8. The summed E-state index contributed by atoms with van der Waals surface area (Å²) in [6.07, 6.45) is 3.24. The van der Waals surface area contributed by atoms with Crippen molar-refractivity contribution in [2.45, 2.75) is 60.7 Å². The second-order valence-electron chi connectivity index (χ2n) is 16.4. The zero-order chi connectivity index (χ0) is 39.8. The molecule has 0 aliphatic rings. The number of fused-ring (bicyclic) bond motifs is 4. The van der Waals surface area contributed by atoms with E-state index >= 15 is 0 Å². The van der Waals surface area contributed by atoms with E-state index < -0.39 is 8.07 Å². The Morgan fingerprint density at radius 2 is 1.50 bits per heavy atom. The summed E-state index contributed by atoms with van der Waals surface area (Å²) in [6, 6.07) is 48.5. The first-order valence-electron chi connectivity index (χ1n) is 19.8. The number of rotatable bonds is 7. The number of pyridine rings is 2. The van der Waals surface area contributed by atoms with Crippen molar-refractivity contribution >= 4 is 46.4 Å². The average Bonchev–Trinajstić information content (AvgIpc) is 3.77. The Bertz CT molecular complexity index is 2870. The van der Waals surface area contributed by atoms with Crippen molar-refractivity contribution in [3.05, 3.63) is 162 Å². The second-order valence-corrected chi connectivity index (χ2v) is 21.4. The summed E-state index contributed by atoms with van der Waals surface area (Å²) in [6.45, 7) is 17.9. The van der Waals surface area contributed by atoms with Crippen molar-refractivity contribution < 1.29 is 24.5 Å². The van der Waals surface area contributed by atoms with Gasteiger partial charge in [0, 0.05) is 48.6 Å². The quantitative estimate of drug-likeness (QED) is 0.118. The minimum absolute atomic E-state index is 0. The molecule has 0 aliphatic heterocycles. The number of imidazole rings is 1. The fourth-order valence-corrected chi connectivity index (χ4v) is 9.30. The fraction of sp³-hybridized carbons (Fsp3) is 0.196. The summed E-state index contributed by atoms with van der Waals surface area (Å²) >= 11 is 0. The van der Waals surface area contributed by atoms with Crippen molar-refractivity contribution in [3.8, 4) is 39.5 Å². The summed E-state index contributed by atoms with van der Waals surface area (Å²) in [5.41, 5.74) is 14.4. The van der Waals surface area contributed by atoms with Gasteiger partial charge in [-0.1, -0.05) is 124 Å². The molecular formula is C51H48IrN4OSi-2. The van der Waals surface area contributed by atoms with E-state index in [0.29, 0.717) is 11.6 Å². The van der Waals surface area contributed by atoms with Gasteiger partial charge in [-0.3, -0.25) is 4.98 Å². The first kappa shape index (κ1) is 40.7. The minimum Gasteiger partial charge on any atom is -0.486 e. The van der Waals surface area contributed by atoms with Crippen LogP contribution in [0.2, 0.25) is 19.6 Å². The maximum absolute atomic E-state index is 6.46. The van der Waals surface area contributed by atoms with Gasteiger partial charge in [0.25, 0.3) is 0 Å². The van der Waals surface area contributed by atoms with Gasteiger partial charge in [-0.2, -0.15) is 0 Å². The fourth-order valence-electron chi connectivity index (χ4n) is 7.71. The number of nitrogens with zero attached hydrogens (tertiary/aromatic N) is 4. The van der Waals surface area contributed by atoms with Crippen LogP contribution in [0.3, 0.4) is 0 Å². The molecule has 0 spiro atoms. The molecule has 0 fully saturated rings. The predicted molar refractivity (Wildman–Crippen MR) is 240 cm³/mol. The van der Waals surface area contributed by atoms with Gasteiger partial charge in [0.05, 0.1) is 30.5 Å². The molecule has 0 bridgehead atoms. The Kier molecular flexibility index (Phi) is 11.8. The van der Waals surface area contributed by atoms with Crippen LogP contribution < -0.4 is 5.19 Å². The van der Waals surface area contributed by atoms with Crippen LogP contribution in [-0.2, 0) is 26.5 Å². The van der Waals surface area contributed by atoms with Crippen LogP contribution in [0, 0.1) is 38.8 Å². The van der Waals surface area contributed by atoms with E-state index in [0.717, 1.165) is 90.1 Å². The van der Waals surface area contributed by atoms with Crippen LogP contribution in [0.25, 0.3) is 72.6 Å². The van der Waals surface area contributed by atoms with Gasteiger partial charge in [0.1, 0.15) is 0 Å². The molecule has 4 aromatic heterocycles. The Balaban J connectivity index is 0.000000208. The van der Waals surface area contributed by atoms with Crippen LogP contribution >= 0.6 is 0 Å². The molecular weight excluding hydrogens is 905 g/mol. The van der Waals surface area contributed by atoms with E-state index in [9.17, 15) is 0 Å². The molecule has 9 aromatic rings. The Morgan fingerprint density at radius 3 is 2.24 bits per heavy atom. The van der Waals surface area contributed by atoms with Crippen molar-refractivity contribution in [1.29, 1.82) is 0 Å². The molecule has 293 valence electrons. The Labute approximate surface area is 356 Å². The molecule has 0 amide bonds. The van der Waals surface area contributed by atoms with Crippen LogP contribution in [0.5, 0.6) is 0 Å². The van der Waals surface area contributed by atoms with Crippen LogP contribution in [0.4, 0.5) is 0 Å². The van der Waals surface area contributed by atoms with Gasteiger partial charge in [-0.25, -0.2) is 4.98 Å². The molecule has 0 saturated carbocycles. The number of hydrogen-bond donors (Lipinski definition) is 0. The van der Waals surface area contributed by atoms with Gasteiger partial charge < -0.3 is 14.0 Å². The number of furan rings is 1. The molecule has 0 unspecified atom stereocenters. The summed E-state index contributed by atoms with van der Waals surface area (Å²) in [5.74, 6) is 1.46. The molecule has 5 nitrogen and oxygen atoms in total. The van der Waals surface area contributed by atoms with Crippen molar-refractivity contribution in [1.82, 2.24) is 19.5 Å². The maximum Gasteiger partial charge on any atom is 0.216 e. The monoisotopic (exact) mass is 953 g/mol. The third-order valence-corrected chi connectivity index (χ3v) is 12.7. The number of aromatic nitrogens is 4. The summed E-state index contributed by atoms with van der Waals surface area (Å²) < 4.78 is 8.69. The molecule has 0 N–H and O–H groups in total. The van der Waals surface area contributed by atoms with E-state index in [2.05, 4.69) is 160 Å². The van der Waals surface area contributed by atoms with Crippen LogP contribution in [0.1, 0.15) is 36.2 Å². The maximum atomic E-state index is 6.46. The number of hydrogen-bond acceptors (Lipinski definition) is 4. The van der Waals surface area contributed by atoms with Gasteiger partial charge in [-0.05, 0) is 72.5 Å². The van der Waals surface area contributed by atoms with E-state index in [4.69, 9.17) is 14.4 Å². The largest absolute Gasteiger partial charge is 0.486 e. The molecule has 9 rings (SSSR count). The standard InChI is InChI=1S/C33H24N3O.C18H24NSi.Ir/c1-20-17-18-25(31-30(20)26-19-21(2)22(3)34-33(26)37-31)32-35-27-14-8-10-16-29(27)36(32)28-15-9-7-13-24(28)23-11-5-4-6-12-23;1-14(2)11-16-12-17(15-9-7-6-8-10-15)19-13-18(16)20(3,4)5;/h4-17,19H,1-3H3;6-9,12-14H,11H2,1-5H3;/q2*-1;. The molecule has 0 aliphatic carbocycles. The molecule has 58 heavy (non-hydrogen) atoms. The zero-order valence-electron chi connectivity index (χ0n) is 34.4. The molecule has 4 heterocycles. The van der Waals surface area contributed by atoms with E-state index in [1.165, 1.54) is 10.8 Å². The minimum atomic E-state index is -1.34. The van der Waals surface area contributed by atoms with Gasteiger partial charge in [0.15, 0.2) is 0 Å². The van der Waals surface area contributed by atoms with Crippen molar-refractivity contribution in [2.24, 2.45) is 5.92 Å². The first-order chi connectivity index (χ1) is 27.5. The SMILES string of the molecule is CC(C)Cc1cc(-c2[c-]cccc2)ncc1[Si](C)(C)C.Cc1cc2c(nc1C)oc1c(-c3nc4ccccc4n3-c3ccccc3-c3ccccc3)[c-]cc(C)c12.[Ir]. The van der Waals surface area contributed by atoms with E-state index in [1.54, 1.807) is 0 Å². The van der Waals surface area contributed by atoms with E-state index in [1.807, 2.05) is 43.3 Å². The van der Waals surface area contributed by atoms with Crippen LogP contribution in [0.15, 0.2) is 132 Å². The van der Waals surface area contributed by atoms with E-state index in [-0.39, 0.29) is 20.1 Å². The van der Waals surface area contributed by atoms with Crippen molar-refractivity contribution in [3.63, 3.8) is 0 Å². The van der Waals surface area contributed by atoms with Gasteiger partial charge in [0.2, 0.25) is 5.71 Å². The topological polar surface area (TPSA) is 56.7 Å². The first-order valence-corrected chi connectivity index (χ1v) is 23.3. The molecule has 5 aromatic carbocycles. The number of para-hydroxylation sites is 3. The smallest absolute Gasteiger partial charge is 0.216 e. The zero-order valence-corrected chi connectivity index (χ0v) is 37.8. The summed E-state index contributed by atoms with van der Waals surface area (Å²) in [4.78, 5) is 14.6. The van der Waals surface area contributed by atoms with Crippen LogP contribution in [-0.4, -0.2) is 27.6 Å². The molecule has 0 atom stereocenters. The molecule has 0 saturated heterocycles.